The molecule has 4 heteroatoms. The van der Waals surface area contributed by atoms with Crippen LogP contribution >= 0.6 is 11.8 Å². The molecule has 2 aromatic rings. The van der Waals surface area contributed by atoms with E-state index in [1.807, 2.05) is 31.2 Å². The lowest BCUT2D eigenvalue weighted by Gasteiger charge is -2.21. The number of nitrogens with two attached hydrogens (primary N) is 1. The number of thioether (sulfide) groups is 1. The quantitative estimate of drug-likeness (QED) is 0.845. The van der Waals surface area contributed by atoms with Gasteiger partial charge in [-0.2, -0.15) is 0 Å². The zero-order chi connectivity index (χ0) is 14.5. The molecule has 0 radical (unpaired) electrons. The molecule has 106 valence electrons. The van der Waals surface area contributed by atoms with Crippen LogP contribution in [0.2, 0.25) is 0 Å². The van der Waals surface area contributed by atoms with Gasteiger partial charge in [0.1, 0.15) is 11.6 Å². The number of ether oxygens (including phenoxy) is 1. The van der Waals surface area contributed by atoms with Crippen molar-refractivity contribution >= 4 is 11.8 Å². The molecular formula is C16H18FNOS. The highest BCUT2D eigenvalue weighted by molar-refractivity contribution is 7.99. The van der Waals surface area contributed by atoms with Gasteiger partial charge in [-0.05, 0) is 42.8 Å². The molecule has 20 heavy (non-hydrogen) atoms. The second kappa shape index (κ2) is 6.77. The Labute approximate surface area is 123 Å². The molecule has 0 saturated carbocycles. The molecule has 2 atom stereocenters. The summed E-state index contributed by atoms with van der Waals surface area (Å²) in [7, 11) is 1.65. The SMILES string of the molecule is COc1cccc(SC(c2ccc(F)cc2)C(C)N)c1. The van der Waals surface area contributed by atoms with Crippen molar-refractivity contribution in [3.05, 3.63) is 59.9 Å². The Hall–Kier alpha value is -1.52. The number of hydrogen-bond donors (Lipinski definition) is 1. The fraction of sp³-hybridized carbons (Fsp3) is 0.250. The molecule has 0 saturated heterocycles. The van der Waals surface area contributed by atoms with Gasteiger partial charge in [0.2, 0.25) is 0 Å². The van der Waals surface area contributed by atoms with Crippen LogP contribution in [0.15, 0.2) is 53.4 Å². The van der Waals surface area contributed by atoms with Crippen molar-refractivity contribution in [3.8, 4) is 5.75 Å². The first-order valence-corrected chi connectivity index (χ1v) is 7.30. The van der Waals surface area contributed by atoms with Crippen LogP contribution in [0, 0.1) is 5.82 Å². The largest absolute Gasteiger partial charge is 0.497 e. The standard InChI is InChI=1S/C16H18FNOS/c1-11(18)16(12-6-8-13(17)9-7-12)20-15-5-3-4-14(10-15)19-2/h3-11,16H,18H2,1-2H3. The number of halogens is 1. The number of benzene rings is 2. The highest BCUT2D eigenvalue weighted by atomic mass is 32.2. The number of rotatable bonds is 5. The number of methoxy groups -OCH3 is 1. The van der Waals surface area contributed by atoms with Crippen LogP contribution < -0.4 is 10.5 Å². The van der Waals surface area contributed by atoms with Gasteiger partial charge in [-0.15, -0.1) is 11.8 Å². The molecule has 2 N–H and O–H groups in total. The minimum absolute atomic E-state index is 0.0448. The summed E-state index contributed by atoms with van der Waals surface area (Å²) in [6, 6.07) is 14.3. The van der Waals surface area contributed by atoms with Crippen molar-refractivity contribution in [3.63, 3.8) is 0 Å². The summed E-state index contributed by atoms with van der Waals surface area (Å²) in [6.45, 7) is 1.96. The van der Waals surface area contributed by atoms with Gasteiger partial charge in [-0.25, -0.2) is 4.39 Å². The first kappa shape index (κ1) is 14.9. The highest BCUT2D eigenvalue weighted by Gasteiger charge is 2.18. The van der Waals surface area contributed by atoms with Crippen LogP contribution in [0.3, 0.4) is 0 Å². The van der Waals surface area contributed by atoms with Crippen molar-refractivity contribution < 1.29 is 9.13 Å². The Morgan fingerprint density at radius 3 is 2.45 bits per heavy atom. The van der Waals surface area contributed by atoms with Crippen LogP contribution in [-0.2, 0) is 0 Å². The van der Waals surface area contributed by atoms with E-state index in [1.165, 1.54) is 12.1 Å². The van der Waals surface area contributed by atoms with E-state index >= 15 is 0 Å². The minimum Gasteiger partial charge on any atom is -0.497 e. The molecule has 2 rings (SSSR count). The zero-order valence-corrected chi connectivity index (χ0v) is 12.4. The summed E-state index contributed by atoms with van der Waals surface area (Å²) < 4.78 is 18.2. The second-order valence-electron chi connectivity index (χ2n) is 4.63. The lowest BCUT2D eigenvalue weighted by Crippen LogP contribution is -2.22. The molecule has 2 aromatic carbocycles. The van der Waals surface area contributed by atoms with Crippen molar-refractivity contribution in [2.75, 3.05) is 7.11 Å². The molecule has 0 amide bonds. The van der Waals surface area contributed by atoms with E-state index in [1.54, 1.807) is 31.0 Å². The molecule has 2 unspecified atom stereocenters. The van der Waals surface area contributed by atoms with Gasteiger partial charge in [0.25, 0.3) is 0 Å². The molecule has 0 fully saturated rings. The van der Waals surface area contributed by atoms with Crippen molar-refractivity contribution in [2.45, 2.75) is 23.1 Å². The highest BCUT2D eigenvalue weighted by Crippen LogP contribution is 2.38. The molecule has 0 aliphatic carbocycles. The fourth-order valence-electron chi connectivity index (χ4n) is 1.95. The molecule has 0 aliphatic rings. The predicted octanol–water partition coefficient (Wildman–Crippen LogP) is 4.01. The monoisotopic (exact) mass is 291 g/mol. The first-order chi connectivity index (χ1) is 9.60. The van der Waals surface area contributed by atoms with Gasteiger partial charge in [-0.1, -0.05) is 18.2 Å². The summed E-state index contributed by atoms with van der Waals surface area (Å²) in [6.07, 6.45) is 0. The summed E-state index contributed by atoms with van der Waals surface area (Å²) >= 11 is 1.66. The smallest absolute Gasteiger partial charge is 0.123 e. The Morgan fingerprint density at radius 1 is 1.15 bits per heavy atom. The van der Waals surface area contributed by atoms with Gasteiger partial charge >= 0.3 is 0 Å². The summed E-state index contributed by atoms with van der Waals surface area (Å²) in [5.41, 5.74) is 7.10. The molecule has 0 bridgehead atoms. The Bertz CT molecular complexity index is 557. The molecule has 0 aliphatic heterocycles. The van der Waals surface area contributed by atoms with Crippen molar-refractivity contribution in [1.29, 1.82) is 0 Å². The molecule has 0 spiro atoms. The Balaban J connectivity index is 2.23. The second-order valence-corrected chi connectivity index (χ2v) is 5.84. The summed E-state index contributed by atoms with van der Waals surface area (Å²) in [5.74, 6) is 0.584. The normalized spacial score (nSPS) is 13.8. The predicted molar refractivity (Wildman–Crippen MR) is 81.6 cm³/mol. The van der Waals surface area contributed by atoms with E-state index in [-0.39, 0.29) is 17.1 Å². The van der Waals surface area contributed by atoms with Gasteiger partial charge in [0.05, 0.1) is 7.11 Å². The fourth-order valence-corrected chi connectivity index (χ4v) is 3.09. The van der Waals surface area contributed by atoms with E-state index < -0.39 is 0 Å². The van der Waals surface area contributed by atoms with E-state index in [0.717, 1.165) is 16.2 Å². The molecule has 0 heterocycles. The zero-order valence-electron chi connectivity index (χ0n) is 11.5. The molecule has 0 aromatic heterocycles. The van der Waals surface area contributed by atoms with E-state index in [0.29, 0.717) is 0 Å². The minimum atomic E-state index is -0.233. The van der Waals surface area contributed by atoms with Crippen molar-refractivity contribution in [2.24, 2.45) is 5.73 Å². The van der Waals surface area contributed by atoms with Crippen LogP contribution in [0.25, 0.3) is 0 Å². The molecule has 2 nitrogen and oxygen atoms in total. The van der Waals surface area contributed by atoms with Crippen LogP contribution in [0.5, 0.6) is 5.75 Å². The van der Waals surface area contributed by atoms with E-state index in [2.05, 4.69) is 0 Å². The van der Waals surface area contributed by atoms with Gasteiger partial charge < -0.3 is 10.5 Å². The summed E-state index contributed by atoms with van der Waals surface area (Å²) in [5, 5.41) is 0.0720. The molecular weight excluding hydrogens is 273 g/mol. The summed E-state index contributed by atoms with van der Waals surface area (Å²) in [4.78, 5) is 1.08. The van der Waals surface area contributed by atoms with Crippen LogP contribution in [-0.4, -0.2) is 13.2 Å². The first-order valence-electron chi connectivity index (χ1n) is 6.42. The van der Waals surface area contributed by atoms with E-state index in [9.17, 15) is 4.39 Å². The lowest BCUT2D eigenvalue weighted by atomic mass is 10.1. The van der Waals surface area contributed by atoms with Crippen LogP contribution in [0.1, 0.15) is 17.7 Å². The average Bonchev–Trinajstić information content (AvgIpc) is 2.46. The van der Waals surface area contributed by atoms with Gasteiger partial charge in [0.15, 0.2) is 0 Å². The third-order valence-electron chi connectivity index (χ3n) is 2.98. The maximum Gasteiger partial charge on any atom is 0.123 e. The van der Waals surface area contributed by atoms with Crippen LogP contribution in [0.4, 0.5) is 4.39 Å². The maximum atomic E-state index is 13.0. The Morgan fingerprint density at radius 2 is 1.85 bits per heavy atom. The Kier molecular flexibility index (Phi) is 5.04. The van der Waals surface area contributed by atoms with Gasteiger partial charge in [-0.3, -0.25) is 0 Å². The third-order valence-corrected chi connectivity index (χ3v) is 4.46. The average molecular weight is 291 g/mol. The maximum absolute atomic E-state index is 13.0. The third kappa shape index (κ3) is 3.74. The van der Waals surface area contributed by atoms with Gasteiger partial charge in [0, 0.05) is 16.2 Å². The topological polar surface area (TPSA) is 35.2 Å². The number of hydrogen-bond acceptors (Lipinski definition) is 3. The van der Waals surface area contributed by atoms with Crippen molar-refractivity contribution in [1.82, 2.24) is 0 Å². The lowest BCUT2D eigenvalue weighted by molar-refractivity contribution is 0.413. The van der Waals surface area contributed by atoms with E-state index in [4.69, 9.17) is 10.5 Å².